The van der Waals surface area contributed by atoms with Gasteiger partial charge in [0.2, 0.25) is 0 Å². The Labute approximate surface area is 121 Å². The van der Waals surface area contributed by atoms with Crippen LogP contribution in [0.2, 0.25) is 0 Å². The van der Waals surface area contributed by atoms with Crippen molar-refractivity contribution < 1.29 is 14.3 Å². The summed E-state index contributed by atoms with van der Waals surface area (Å²) in [6.45, 7) is -0.248. The van der Waals surface area contributed by atoms with Gasteiger partial charge in [-0.3, -0.25) is 4.79 Å². The largest absolute Gasteiger partial charge is 0.493 e. The molecule has 20 heavy (non-hydrogen) atoms. The predicted molar refractivity (Wildman–Crippen MR) is 78.1 cm³/mol. The Balaban J connectivity index is 3.07. The van der Waals surface area contributed by atoms with Crippen LogP contribution >= 0.6 is 12.2 Å². The zero-order valence-corrected chi connectivity index (χ0v) is 11.6. The van der Waals surface area contributed by atoms with Crippen molar-refractivity contribution in [2.75, 3.05) is 13.7 Å². The number of hydrogen-bond donors (Lipinski definition) is 2. The summed E-state index contributed by atoms with van der Waals surface area (Å²) < 4.78 is 10.3. The van der Waals surface area contributed by atoms with Gasteiger partial charge < -0.3 is 20.9 Å². The smallest absolute Gasteiger partial charge is 0.255 e. The molecule has 4 N–H and O–H groups in total. The van der Waals surface area contributed by atoms with Gasteiger partial charge in [0.05, 0.1) is 12.7 Å². The lowest BCUT2D eigenvalue weighted by atomic mass is 10.1. The summed E-state index contributed by atoms with van der Waals surface area (Å²) in [6, 6.07) is 6.81. The normalized spacial score (nSPS) is 10.5. The molecule has 0 radical (unpaired) electrons. The van der Waals surface area contributed by atoms with E-state index < -0.39 is 5.91 Å². The van der Waals surface area contributed by atoms with E-state index in [1.807, 2.05) is 6.07 Å². The number of nitrogens with zero attached hydrogens (tertiary/aromatic N) is 1. The van der Waals surface area contributed by atoms with E-state index in [1.54, 1.807) is 18.2 Å². The van der Waals surface area contributed by atoms with Gasteiger partial charge in [-0.25, -0.2) is 0 Å². The maximum Gasteiger partial charge on any atom is 0.255 e. The van der Waals surface area contributed by atoms with Crippen molar-refractivity contribution in [2.24, 2.45) is 11.5 Å². The summed E-state index contributed by atoms with van der Waals surface area (Å²) in [7, 11) is 1.46. The summed E-state index contributed by atoms with van der Waals surface area (Å²) in [6.07, 6.45) is 1.53. The molecule has 0 aliphatic rings. The molecule has 1 rings (SSSR count). The molecule has 0 spiro atoms. The number of amides is 1. The minimum absolute atomic E-state index is 0.0144. The fourth-order valence-electron chi connectivity index (χ4n) is 1.37. The molecule has 6 nitrogen and oxygen atoms in total. The van der Waals surface area contributed by atoms with E-state index in [2.05, 4.69) is 0 Å². The number of thiocarbonyl (C=S) groups is 1. The molecule has 0 heterocycles. The molecule has 0 aromatic heterocycles. The highest BCUT2D eigenvalue weighted by atomic mass is 32.1. The van der Waals surface area contributed by atoms with E-state index in [4.69, 9.17) is 38.4 Å². The van der Waals surface area contributed by atoms with Gasteiger partial charge in [0.1, 0.15) is 11.1 Å². The molecule has 0 aliphatic carbocycles. The van der Waals surface area contributed by atoms with Gasteiger partial charge in [0.15, 0.2) is 18.1 Å². The Bertz CT molecular complexity index is 605. The van der Waals surface area contributed by atoms with Crippen LogP contribution in [0.25, 0.3) is 6.08 Å². The minimum atomic E-state index is -0.587. The van der Waals surface area contributed by atoms with Crippen molar-refractivity contribution in [3.8, 4) is 17.6 Å². The second-order valence-corrected chi connectivity index (χ2v) is 4.14. The average Bonchev–Trinajstić information content (AvgIpc) is 2.42. The van der Waals surface area contributed by atoms with Crippen molar-refractivity contribution in [2.45, 2.75) is 0 Å². The molecule has 0 aliphatic heterocycles. The summed E-state index contributed by atoms with van der Waals surface area (Å²) in [5.74, 6) is 0.189. The highest BCUT2D eigenvalue weighted by molar-refractivity contribution is 7.80. The molecule has 0 unspecified atom stereocenters. The average molecular weight is 291 g/mol. The summed E-state index contributed by atoms with van der Waals surface area (Å²) >= 11 is 4.75. The third kappa shape index (κ3) is 4.26. The standard InChI is InChI=1S/C13H13N3O3S/c1-18-11-5-8(4-9(6-14)13(16)20)2-3-10(11)19-7-12(15)17/h2-5H,7H2,1H3,(H2,15,17)(H2,16,20)/b9-4+. The highest BCUT2D eigenvalue weighted by Gasteiger charge is 2.07. The first-order chi connectivity index (χ1) is 9.47. The van der Waals surface area contributed by atoms with Crippen molar-refractivity contribution >= 4 is 29.2 Å². The van der Waals surface area contributed by atoms with Gasteiger partial charge in [-0.15, -0.1) is 0 Å². The fourth-order valence-corrected chi connectivity index (χ4v) is 1.47. The van der Waals surface area contributed by atoms with Crippen LogP contribution in [0.4, 0.5) is 0 Å². The lowest BCUT2D eigenvalue weighted by Gasteiger charge is -2.10. The summed E-state index contributed by atoms with van der Waals surface area (Å²) in [5.41, 5.74) is 11.3. The molecule has 0 saturated heterocycles. The third-order valence-electron chi connectivity index (χ3n) is 2.25. The number of carbonyl (C=O) groups excluding carboxylic acids is 1. The molecule has 1 aromatic rings. The number of primary amides is 1. The molecular weight excluding hydrogens is 278 g/mol. The molecule has 7 heteroatoms. The van der Waals surface area contributed by atoms with Gasteiger partial charge in [-0.05, 0) is 23.8 Å². The van der Waals surface area contributed by atoms with Crippen LogP contribution in [0.5, 0.6) is 11.5 Å². The quantitative estimate of drug-likeness (QED) is 0.454. The molecule has 0 fully saturated rings. The number of nitriles is 1. The van der Waals surface area contributed by atoms with Crippen LogP contribution < -0.4 is 20.9 Å². The molecule has 104 valence electrons. The molecule has 1 amide bonds. The van der Waals surface area contributed by atoms with Crippen molar-refractivity contribution in [1.29, 1.82) is 5.26 Å². The van der Waals surface area contributed by atoms with Crippen molar-refractivity contribution in [1.82, 2.24) is 0 Å². The first kappa shape index (κ1) is 15.5. The third-order valence-corrected chi connectivity index (χ3v) is 2.47. The number of methoxy groups -OCH3 is 1. The SMILES string of the molecule is COc1cc(/C=C(\C#N)C(N)=S)ccc1OCC(N)=O. The van der Waals surface area contributed by atoms with Crippen LogP contribution in [-0.2, 0) is 4.79 Å². The second kappa shape index (κ2) is 7.11. The number of benzene rings is 1. The Morgan fingerprint density at radius 3 is 2.65 bits per heavy atom. The number of hydrogen-bond acceptors (Lipinski definition) is 5. The topological polar surface area (TPSA) is 111 Å². The Morgan fingerprint density at radius 1 is 1.45 bits per heavy atom. The van der Waals surface area contributed by atoms with Crippen molar-refractivity contribution in [3.05, 3.63) is 29.3 Å². The van der Waals surface area contributed by atoms with E-state index in [1.165, 1.54) is 13.2 Å². The molecular formula is C13H13N3O3S. The van der Waals surface area contributed by atoms with Crippen LogP contribution in [0.15, 0.2) is 23.8 Å². The molecule has 0 saturated carbocycles. The predicted octanol–water partition coefficient (Wildman–Crippen LogP) is 0.752. The van der Waals surface area contributed by atoms with Crippen LogP contribution in [0.1, 0.15) is 5.56 Å². The number of rotatable bonds is 6. The monoisotopic (exact) mass is 291 g/mol. The van der Waals surface area contributed by atoms with Gasteiger partial charge in [0.25, 0.3) is 5.91 Å². The second-order valence-electron chi connectivity index (χ2n) is 3.70. The van der Waals surface area contributed by atoms with Gasteiger partial charge in [0, 0.05) is 0 Å². The van der Waals surface area contributed by atoms with Crippen LogP contribution in [-0.4, -0.2) is 24.6 Å². The van der Waals surface area contributed by atoms with Crippen LogP contribution in [0.3, 0.4) is 0 Å². The Kier molecular flexibility index (Phi) is 5.50. The lowest BCUT2D eigenvalue weighted by Crippen LogP contribution is -2.20. The van der Waals surface area contributed by atoms with E-state index >= 15 is 0 Å². The first-order valence-corrected chi connectivity index (χ1v) is 5.89. The zero-order chi connectivity index (χ0) is 15.1. The maximum atomic E-state index is 10.7. The maximum absolute atomic E-state index is 10.7. The Hall–Kier alpha value is -2.59. The highest BCUT2D eigenvalue weighted by Crippen LogP contribution is 2.28. The number of carbonyl (C=O) groups is 1. The van der Waals surface area contributed by atoms with E-state index in [0.717, 1.165) is 0 Å². The summed E-state index contributed by atoms with van der Waals surface area (Å²) in [5, 5.41) is 8.89. The zero-order valence-electron chi connectivity index (χ0n) is 10.8. The number of ether oxygens (including phenoxy) is 2. The molecule has 0 bridgehead atoms. The van der Waals surface area contributed by atoms with Crippen molar-refractivity contribution in [3.63, 3.8) is 0 Å². The van der Waals surface area contributed by atoms with E-state index in [0.29, 0.717) is 17.1 Å². The Morgan fingerprint density at radius 2 is 2.15 bits per heavy atom. The lowest BCUT2D eigenvalue weighted by molar-refractivity contribution is -0.119. The van der Waals surface area contributed by atoms with Gasteiger partial charge in [-0.1, -0.05) is 18.3 Å². The molecule has 1 aromatic carbocycles. The molecule has 0 atom stereocenters. The fraction of sp³-hybridized carbons (Fsp3) is 0.154. The van der Waals surface area contributed by atoms with Gasteiger partial charge in [-0.2, -0.15) is 5.26 Å². The first-order valence-electron chi connectivity index (χ1n) is 5.48. The van der Waals surface area contributed by atoms with E-state index in [9.17, 15) is 4.79 Å². The summed E-state index contributed by atoms with van der Waals surface area (Å²) in [4.78, 5) is 10.7. The minimum Gasteiger partial charge on any atom is -0.493 e. The van der Waals surface area contributed by atoms with E-state index in [-0.39, 0.29) is 17.2 Å². The van der Waals surface area contributed by atoms with Crippen LogP contribution in [0, 0.1) is 11.3 Å². The van der Waals surface area contributed by atoms with Gasteiger partial charge >= 0.3 is 0 Å². The number of nitrogens with two attached hydrogens (primary N) is 2.